The molecule has 1 heterocycles. The van der Waals surface area contributed by atoms with Gasteiger partial charge in [0.25, 0.3) is 5.91 Å². The van der Waals surface area contributed by atoms with Crippen molar-refractivity contribution in [3.8, 4) is 0 Å². The van der Waals surface area contributed by atoms with Crippen LogP contribution in [0.25, 0.3) is 0 Å². The van der Waals surface area contributed by atoms with E-state index < -0.39 is 9.84 Å². The zero-order chi connectivity index (χ0) is 21.6. The molecular formula is C23H30N2O4S. The second-order valence-corrected chi connectivity index (χ2v) is 9.71. The van der Waals surface area contributed by atoms with Crippen molar-refractivity contribution in [3.05, 3.63) is 65.2 Å². The maximum Gasteiger partial charge on any atom is 0.251 e. The fourth-order valence-electron chi connectivity index (χ4n) is 3.80. The standard InChI is InChI=1S/C23H30N2O4S/c1-3-21(25-13-12-18-6-4-5-7-20(18)17-25)16-24-23(26)19-8-10-22(11-9-19)30(27,28)15-14-29-2/h4-11,21H,3,12-17H2,1-2H3,(H,24,26). The van der Waals surface area contributed by atoms with Crippen molar-refractivity contribution in [1.82, 2.24) is 10.2 Å². The Morgan fingerprint density at radius 1 is 1.13 bits per heavy atom. The Morgan fingerprint density at radius 2 is 1.83 bits per heavy atom. The summed E-state index contributed by atoms with van der Waals surface area (Å²) in [4.78, 5) is 15.2. The Bertz CT molecular complexity index is 957. The van der Waals surface area contributed by atoms with Crippen LogP contribution in [0.4, 0.5) is 0 Å². The van der Waals surface area contributed by atoms with Gasteiger partial charge in [-0.15, -0.1) is 0 Å². The number of nitrogens with one attached hydrogen (secondary N) is 1. The molecule has 0 bridgehead atoms. The number of fused-ring (bicyclic) bond motifs is 1. The predicted molar refractivity (Wildman–Crippen MR) is 117 cm³/mol. The number of amides is 1. The highest BCUT2D eigenvalue weighted by atomic mass is 32.2. The number of carbonyl (C=O) groups excluding carboxylic acids is 1. The molecule has 0 radical (unpaired) electrons. The normalized spacial score (nSPS) is 15.4. The molecule has 0 aromatic heterocycles. The maximum absolute atomic E-state index is 12.6. The number of sulfone groups is 1. The van der Waals surface area contributed by atoms with Gasteiger partial charge in [0, 0.05) is 38.3 Å². The van der Waals surface area contributed by atoms with Crippen molar-refractivity contribution in [2.45, 2.75) is 37.2 Å². The van der Waals surface area contributed by atoms with Crippen LogP contribution in [-0.2, 0) is 27.5 Å². The van der Waals surface area contributed by atoms with Gasteiger partial charge in [0.2, 0.25) is 0 Å². The van der Waals surface area contributed by atoms with Gasteiger partial charge in [-0.1, -0.05) is 31.2 Å². The molecule has 0 saturated carbocycles. The van der Waals surface area contributed by atoms with Crippen LogP contribution < -0.4 is 5.32 Å². The fourth-order valence-corrected chi connectivity index (χ4v) is 4.97. The quantitative estimate of drug-likeness (QED) is 0.662. The molecule has 7 heteroatoms. The van der Waals surface area contributed by atoms with Gasteiger partial charge in [-0.05, 0) is 48.2 Å². The number of rotatable bonds is 9. The first-order valence-electron chi connectivity index (χ1n) is 10.4. The van der Waals surface area contributed by atoms with Gasteiger partial charge in [0.05, 0.1) is 17.3 Å². The largest absolute Gasteiger partial charge is 0.384 e. The SMILES string of the molecule is CCC(CNC(=O)c1ccc(S(=O)(=O)CCOC)cc1)N1CCc2ccccc2C1. The van der Waals surface area contributed by atoms with Crippen molar-refractivity contribution < 1.29 is 17.9 Å². The summed E-state index contributed by atoms with van der Waals surface area (Å²) < 4.78 is 29.3. The summed E-state index contributed by atoms with van der Waals surface area (Å²) in [6.07, 6.45) is 1.97. The van der Waals surface area contributed by atoms with E-state index in [2.05, 4.69) is 41.4 Å². The van der Waals surface area contributed by atoms with Crippen molar-refractivity contribution in [2.24, 2.45) is 0 Å². The average Bonchev–Trinajstić information content (AvgIpc) is 2.78. The van der Waals surface area contributed by atoms with Gasteiger partial charge in [0.15, 0.2) is 9.84 Å². The van der Waals surface area contributed by atoms with E-state index in [9.17, 15) is 13.2 Å². The van der Waals surface area contributed by atoms with Gasteiger partial charge in [-0.25, -0.2) is 8.42 Å². The van der Waals surface area contributed by atoms with E-state index in [0.29, 0.717) is 12.1 Å². The summed E-state index contributed by atoms with van der Waals surface area (Å²) in [5, 5.41) is 3.01. The van der Waals surface area contributed by atoms with Crippen molar-refractivity contribution in [1.29, 1.82) is 0 Å². The molecule has 1 aliphatic heterocycles. The molecule has 0 aliphatic carbocycles. The van der Waals surface area contributed by atoms with E-state index in [1.807, 2.05) is 0 Å². The lowest BCUT2D eigenvalue weighted by atomic mass is 9.98. The van der Waals surface area contributed by atoms with E-state index in [-0.39, 0.29) is 29.2 Å². The lowest BCUT2D eigenvalue weighted by Crippen LogP contribution is -2.45. The van der Waals surface area contributed by atoms with Crippen LogP contribution in [0.1, 0.15) is 34.8 Å². The molecule has 0 saturated heterocycles. The summed E-state index contributed by atoms with van der Waals surface area (Å²) >= 11 is 0. The molecule has 1 N–H and O–H groups in total. The van der Waals surface area contributed by atoms with Crippen LogP contribution in [0.3, 0.4) is 0 Å². The van der Waals surface area contributed by atoms with Crippen LogP contribution in [0.2, 0.25) is 0 Å². The number of benzene rings is 2. The molecule has 0 spiro atoms. The topological polar surface area (TPSA) is 75.7 Å². The molecule has 30 heavy (non-hydrogen) atoms. The third-order valence-electron chi connectivity index (χ3n) is 5.68. The monoisotopic (exact) mass is 430 g/mol. The summed E-state index contributed by atoms with van der Waals surface area (Å²) in [7, 11) is -1.93. The van der Waals surface area contributed by atoms with Gasteiger partial charge < -0.3 is 10.1 Å². The Kier molecular flexibility index (Phi) is 7.64. The highest BCUT2D eigenvalue weighted by Crippen LogP contribution is 2.21. The lowest BCUT2D eigenvalue weighted by Gasteiger charge is -2.35. The zero-order valence-corrected chi connectivity index (χ0v) is 18.5. The van der Waals surface area contributed by atoms with Crippen LogP contribution in [-0.4, -0.2) is 57.8 Å². The lowest BCUT2D eigenvalue weighted by molar-refractivity contribution is 0.0926. The number of ether oxygens (including phenoxy) is 1. The van der Waals surface area contributed by atoms with Crippen LogP contribution in [0.15, 0.2) is 53.4 Å². The highest BCUT2D eigenvalue weighted by molar-refractivity contribution is 7.91. The minimum atomic E-state index is -3.40. The number of nitrogens with zero attached hydrogens (tertiary/aromatic N) is 1. The van der Waals surface area contributed by atoms with Crippen molar-refractivity contribution in [2.75, 3.05) is 32.6 Å². The minimum Gasteiger partial charge on any atom is -0.384 e. The van der Waals surface area contributed by atoms with Gasteiger partial charge in [-0.2, -0.15) is 0 Å². The molecule has 1 amide bonds. The van der Waals surface area contributed by atoms with Gasteiger partial charge >= 0.3 is 0 Å². The average molecular weight is 431 g/mol. The molecule has 162 valence electrons. The Morgan fingerprint density at radius 3 is 2.50 bits per heavy atom. The zero-order valence-electron chi connectivity index (χ0n) is 17.6. The smallest absolute Gasteiger partial charge is 0.251 e. The first-order valence-corrected chi connectivity index (χ1v) is 12.0. The minimum absolute atomic E-state index is 0.0772. The van der Waals surface area contributed by atoms with Crippen molar-refractivity contribution >= 4 is 15.7 Å². The Hall–Kier alpha value is -2.22. The molecule has 3 rings (SSSR count). The number of methoxy groups -OCH3 is 1. The van der Waals surface area contributed by atoms with Crippen LogP contribution >= 0.6 is 0 Å². The second-order valence-electron chi connectivity index (χ2n) is 7.60. The van der Waals surface area contributed by atoms with E-state index in [4.69, 9.17) is 4.74 Å². The van der Waals surface area contributed by atoms with Crippen LogP contribution in [0.5, 0.6) is 0 Å². The number of hydrogen-bond acceptors (Lipinski definition) is 5. The molecule has 2 aromatic rings. The van der Waals surface area contributed by atoms with Crippen molar-refractivity contribution in [3.63, 3.8) is 0 Å². The number of carbonyl (C=O) groups is 1. The first kappa shape index (κ1) is 22.5. The third kappa shape index (κ3) is 5.47. The molecule has 0 fully saturated rings. The maximum atomic E-state index is 12.6. The fraction of sp³-hybridized carbons (Fsp3) is 0.435. The van der Waals surface area contributed by atoms with Crippen LogP contribution in [0, 0.1) is 0 Å². The molecule has 1 aliphatic rings. The predicted octanol–water partition coefficient (Wildman–Crippen LogP) is 2.67. The van der Waals surface area contributed by atoms with E-state index in [1.165, 1.54) is 30.4 Å². The summed E-state index contributed by atoms with van der Waals surface area (Å²) in [6.45, 7) is 4.73. The first-order chi connectivity index (χ1) is 14.4. The second kappa shape index (κ2) is 10.2. The Labute approximate surface area is 179 Å². The molecule has 1 atom stereocenters. The molecular weight excluding hydrogens is 400 g/mol. The third-order valence-corrected chi connectivity index (χ3v) is 7.37. The highest BCUT2D eigenvalue weighted by Gasteiger charge is 2.23. The Balaban J connectivity index is 1.58. The molecule has 6 nitrogen and oxygen atoms in total. The summed E-state index contributed by atoms with van der Waals surface area (Å²) in [5.41, 5.74) is 3.23. The number of hydrogen-bond donors (Lipinski definition) is 1. The van der Waals surface area contributed by atoms with E-state index in [1.54, 1.807) is 12.1 Å². The van der Waals surface area contributed by atoms with E-state index in [0.717, 1.165) is 25.9 Å². The molecule has 1 unspecified atom stereocenters. The van der Waals surface area contributed by atoms with Gasteiger partial charge in [-0.3, -0.25) is 9.69 Å². The van der Waals surface area contributed by atoms with Gasteiger partial charge in [0.1, 0.15) is 0 Å². The summed E-state index contributed by atoms with van der Waals surface area (Å²) in [5.74, 6) is -0.265. The van der Waals surface area contributed by atoms with E-state index >= 15 is 0 Å². The summed E-state index contributed by atoms with van der Waals surface area (Å²) in [6, 6.07) is 14.9. The molecule has 2 aromatic carbocycles.